The maximum Gasteiger partial charge on any atom is 0.307 e. The fourth-order valence-electron chi connectivity index (χ4n) is 4.17. The van der Waals surface area contributed by atoms with Crippen molar-refractivity contribution in [3.8, 4) is 5.75 Å². The summed E-state index contributed by atoms with van der Waals surface area (Å²) in [6.45, 7) is 10.1. The average Bonchev–Trinajstić information content (AvgIpc) is 2.82. The highest BCUT2D eigenvalue weighted by atomic mass is 16.5. The minimum absolute atomic E-state index is 0.0119. The molecule has 0 radical (unpaired) electrons. The van der Waals surface area contributed by atoms with Crippen LogP contribution in [0.25, 0.3) is 0 Å². The summed E-state index contributed by atoms with van der Waals surface area (Å²) in [6.07, 6.45) is 0.909. The Morgan fingerprint density at radius 2 is 1.62 bits per heavy atom. The van der Waals surface area contributed by atoms with E-state index in [0.717, 1.165) is 37.4 Å². The van der Waals surface area contributed by atoms with Gasteiger partial charge in [0.05, 0.1) is 13.0 Å². The first-order valence-corrected chi connectivity index (χ1v) is 12.2. The molecule has 1 unspecified atom stereocenters. The zero-order valence-electron chi connectivity index (χ0n) is 20.6. The molecular weight excluding hydrogens is 422 g/mol. The van der Waals surface area contributed by atoms with E-state index in [4.69, 9.17) is 9.84 Å². The van der Waals surface area contributed by atoms with Crippen LogP contribution in [0, 0.1) is 0 Å². The Hall–Kier alpha value is -3.11. The predicted molar refractivity (Wildman–Crippen MR) is 139 cm³/mol. The van der Waals surface area contributed by atoms with Crippen molar-refractivity contribution in [2.75, 3.05) is 19.7 Å². The summed E-state index contributed by atoms with van der Waals surface area (Å²) >= 11 is 0. The van der Waals surface area contributed by atoms with Gasteiger partial charge < -0.3 is 9.84 Å². The second-order valence-corrected chi connectivity index (χ2v) is 9.36. The number of rotatable bonds is 13. The maximum atomic E-state index is 11.0. The molecule has 0 saturated heterocycles. The van der Waals surface area contributed by atoms with E-state index < -0.39 is 5.97 Å². The Morgan fingerprint density at radius 1 is 0.882 bits per heavy atom. The van der Waals surface area contributed by atoms with E-state index in [0.29, 0.717) is 18.4 Å². The number of carbonyl (C=O) groups is 1. The third-order valence-corrected chi connectivity index (χ3v) is 6.09. The zero-order chi connectivity index (χ0) is 24.3. The number of aliphatic carboxylic acids is 1. The molecule has 180 valence electrons. The minimum Gasteiger partial charge on any atom is -0.494 e. The number of ether oxygens (including phenoxy) is 1. The van der Waals surface area contributed by atoms with Crippen LogP contribution in [0.3, 0.4) is 0 Å². The Balaban J connectivity index is 1.59. The summed E-state index contributed by atoms with van der Waals surface area (Å²) in [4.78, 5) is 13.5. The van der Waals surface area contributed by atoms with Crippen molar-refractivity contribution in [1.82, 2.24) is 4.90 Å². The molecule has 0 heterocycles. The minimum atomic E-state index is -0.832. The summed E-state index contributed by atoms with van der Waals surface area (Å²) in [5.74, 6) is 0.869. The normalized spacial score (nSPS) is 12.1. The third kappa shape index (κ3) is 8.35. The van der Waals surface area contributed by atoms with Gasteiger partial charge in [0, 0.05) is 19.6 Å². The van der Waals surface area contributed by atoms with E-state index >= 15 is 0 Å². The molecule has 0 spiro atoms. The van der Waals surface area contributed by atoms with Crippen LogP contribution in [-0.2, 0) is 17.8 Å². The molecule has 0 aliphatic rings. The van der Waals surface area contributed by atoms with Crippen LogP contribution >= 0.6 is 0 Å². The van der Waals surface area contributed by atoms with Gasteiger partial charge in [-0.05, 0) is 52.6 Å². The first-order chi connectivity index (χ1) is 16.4. The summed E-state index contributed by atoms with van der Waals surface area (Å²) in [5.41, 5.74) is 4.81. The van der Waals surface area contributed by atoms with Crippen molar-refractivity contribution in [1.29, 1.82) is 0 Å². The molecule has 0 bridgehead atoms. The van der Waals surface area contributed by atoms with Gasteiger partial charge >= 0.3 is 5.97 Å². The Morgan fingerprint density at radius 3 is 2.29 bits per heavy atom. The van der Waals surface area contributed by atoms with E-state index in [1.165, 1.54) is 16.7 Å². The first-order valence-electron chi connectivity index (χ1n) is 12.2. The van der Waals surface area contributed by atoms with Gasteiger partial charge in [0.1, 0.15) is 5.75 Å². The molecular formula is C30H37NO3. The molecule has 0 amide bonds. The molecule has 34 heavy (non-hydrogen) atoms. The van der Waals surface area contributed by atoms with Crippen LogP contribution in [0.1, 0.15) is 61.3 Å². The fraction of sp³-hybridized carbons (Fsp3) is 0.367. The van der Waals surface area contributed by atoms with E-state index in [1.807, 2.05) is 24.3 Å². The molecule has 0 aromatic heterocycles. The summed E-state index contributed by atoms with van der Waals surface area (Å²) in [5, 5.41) is 9.00. The zero-order valence-corrected chi connectivity index (χ0v) is 20.6. The topological polar surface area (TPSA) is 49.8 Å². The van der Waals surface area contributed by atoms with E-state index in [2.05, 4.69) is 80.3 Å². The predicted octanol–water partition coefficient (Wildman–Crippen LogP) is 6.51. The van der Waals surface area contributed by atoms with Crippen molar-refractivity contribution < 1.29 is 14.6 Å². The molecule has 3 aromatic carbocycles. The number of benzene rings is 3. The van der Waals surface area contributed by atoms with E-state index in [-0.39, 0.29) is 6.42 Å². The van der Waals surface area contributed by atoms with Gasteiger partial charge in [0.2, 0.25) is 0 Å². The molecule has 4 heteroatoms. The largest absolute Gasteiger partial charge is 0.494 e. The van der Waals surface area contributed by atoms with Crippen molar-refractivity contribution >= 4 is 5.97 Å². The lowest BCUT2D eigenvalue weighted by atomic mass is 9.99. The van der Waals surface area contributed by atoms with Crippen molar-refractivity contribution in [2.24, 2.45) is 0 Å². The number of hydrogen-bond donors (Lipinski definition) is 1. The van der Waals surface area contributed by atoms with Crippen LogP contribution in [0.15, 0.2) is 78.9 Å². The van der Waals surface area contributed by atoms with Gasteiger partial charge in [-0.15, -0.1) is 0 Å². The Labute approximate surface area is 204 Å². The van der Waals surface area contributed by atoms with Crippen molar-refractivity contribution in [3.63, 3.8) is 0 Å². The van der Waals surface area contributed by atoms with Crippen LogP contribution < -0.4 is 4.74 Å². The second-order valence-electron chi connectivity index (χ2n) is 9.36. The summed E-state index contributed by atoms with van der Waals surface area (Å²) in [6, 6.07) is 27.0. The lowest BCUT2D eigenvalue weighted by Crippen LogP contribution is -2.29. The molecule has 1 atom stereocenters. The van der Waals surface area contributed by atoms with Gasteiger partial charge in [0.15, 0.2) is 0 Å². The molecule has 0 fully saturated rings. The monoisotopic (exact) mass is 459 g/mol. The average molecular weight is 460 g/mol. The van der Waals surface area contributed by atoms with Crippen LogP contribution in [0.4, 0.5) is 0 Å². The fourth-order valence-corrected chi connectivity index (χ4v) is 4.17. The molecule has 3 rings (SSSR count). The Kier molecular flexibility index (Phi) is 9.72. The summed E-state index contributed by atoms with van der Waals surface area (Å²) < 4.78 is 5.94. The number of nitrogens with zero attached hydrogens (tertiary/aromatic N) is 1. The molecule has 0 aliphatic carbocycles. The molecule has 0 aliphatic heterocycles. The van der Waals surface area contributed by atoms with Gasteiger partial charge in [-0.1, -0.05) is 87.5 Å². The standard InChI is InChI=1S/C30H37NO3/c1-23(2)27-15-13-25(14-16-27)22-31(21-24(3)28-10-5-4-6-11-28)17-8-18-34-29-12-7-9-26(19-29)20-30(32)33/h4-7,9-16,19,23-24H,8,17-18,20-22H2,1-3H3,(H,32,33). The molecule has 0 saturated carbocycles. The van der Waals surface area contributed by atoms with Crippen molar-refractivity contribution in [2.45, 2.75) is 52.0 Å². The SMILES string of the molecule is CC(C)c1ccc(CN(CCCOc2cccc(CC(=O)O)c2)CC(C)c2ccccc2)cc1. The van der Waals surface area contributed by atoms with Gasteiger partial charge in [0.25, 0.3) is 0 Å². The lowest BCUT2D eigenvalue weighted by Gasteiger charge is -2.26. The van der Waals surface area contributed by atoms with Gasteiger partial charge in [-0.25, -0.2) is 0 Å². The lowest BCUT2D eigenvalue weighted by molar-refractivity contribution is -0.136. The van der Waals surface area contributed by atoms with Gasteiger partial charge in [-0.3, -0.25) is 9.69 Å². The molecule has 3 aromatic rings. The third-order valence-electron chi connectivity index (χ3n) is 6.09. The van der Waals surface area contributed by atoms with Crippen molar-refractivity contribution in [3.05, 3.63) is 101 Å². The second kappa shape index (κ2) is 13.0. The van der Waals surface area contributed by atoms with Gasteiger partial charge in [-0.2, -0.15) is 0 Å². The molecule has 4 nitrogen and oxygen atoms in total. The van der Waals surface area contributed by atoms with E-state index in [9.17, 15) is 4.79 Å². The highest BCUT2D eigenvalue weighted by Gasteiger charge is 2.13. The number of carboxylic acid groups (broad SMARTS) is 1. The number of hydrogen-bond acceptors (Lipinski definition) is 3. The van der Waals surface area contributed by atoms with Crippen LogP contribution in [0.5, 0.6) is 5.75 Å². The highest BCUT2D eigenvalue weighted by molar-refractivity contribution is 5.70. The smallest absolute Gasteiger partial charge is 0.307 e. The number of carboxylic acids is 1. The summed E-state index contributed by atoms with van der Waals surface area (Å²) in [7, 11) is 0. The Bertz CT molecular complexity index is 1010. The first kappa shape index (κ1) is 25.5. The van der Waals surface area contributed by atoms with Crippen LogP contribution in [-0.4, -0.2) is 35.7 Å². The van der Waals surface area contributed by atoms with E-state index in [1.54, 1.807) is 0 Å². The van der Waals surface area contributed by atoms with Crippen LogP contribution in [0.2, 0.25) is 0 Å². The highest BCUT2D eigenvalue weighted by Crippen LogP contribution is 2.20. The molecule has 1 N–H and O–H groups in total. The maximum absolute atomic E-state index is 11.0. The quantitative estimate of drug-likeness (QED) is 0.296.